The molecule has 1 saturated heterocycles. The molecule has 0 amide bonds. The van der Waals surface area contributed by atoms with Gasteiger partial charge >= 0.3 is 0 Å². The van der Waals surface area contributed by atoms with Crippen LogP contribution in [0, 0.1) is 0 Å². The molecule has 1 rings (SSSR count). The summed E-state index contributed by atoms with van der Waals surface area (Å²) in [6.07, 6.45) is -0.111. The van der Waals surface area contributed by atoms with Crippen molar-refractivity contribution < 1.29 is 8.78 Å². The van der Waals surface area contributed by atoms with Gasteiger partial charge in [-0.1, -0.05) is 12.2 Å². The van der Waals surface area contributed by atoms with Crippen LogP contribution in [0.25, 0.3) is 0 Å². The van der Waals surface area contributed by atoms with E-state index in [9.17, 15) is 8.78 Å². The predicted octanol–water partition coefficient (Wildman–Crippen LogP) is 1.67. The third kappa shape index (κ3) is 1.87. The number of rotatable bonds is 1. The van der Waals surface area contributed by atoms with Crippen molar-refractivity contribution in [1.29, 1.82) is 0 Å². The van der Waals surface area contributed by atoms with Gasteiger partial charge in [0.15, 0.2) is 0 Å². The molecule has 1 heterocycles. The molecule has 0 bridgehead atoms. The third-order valence-corrected chi connectivity index (χ3v) is 1.98. The van der Waals surface area contributed by atoms with Gasteiger partial charge in [0.1, 0.15) is 0 Å². The van der Waals surface area contributed by atoms with E-state index in [0.29, 0.717) is 13.1 Å². The standard InChI is InChI=1S/C6H9F2NS/c7-6(8)1-3-9(5-10)4-2-6/h5H,1-4H2. The molecule has 1 aliphatic rings. The van der Waals surface area contributed by atoms with Gasteiger partial charge in [-0.05, 0) is 0 Å². The van der Waals surface area contributed by atoms with Crippen molar-refractivity contribution in [2.24, 2.45) is 0 Å². The minimum atomic E-state index is -2.45. The molecule has 0 atom stereocenters. The number of nitrogens with zero attached hydrogens (tertiary/aromatic N) is 1. The SMILES string of the molecule is FC1(F)CCN(C=S)CC1. The molecule has 4 heteroatoms. The summed E-state index contributed by atoms with van der Waals surface area (Å²) in [6, 6.07) is 0. The van der Waals surface area contributed by atoms with Crippen LogP contribution in [0.2, 0.25) is 0 Å². The fraction of sp³-hybridized carbons (Fsp3) is 0.833. The number of alkyl halides is 2. The first kappa shape index (κ1) is 7.85. The molecule has 1 nitrogen and oxygen atoms in total. The molecule has 0 unspecified atom stereocenters. The lowest BCUT2D eigenvalue weighted by Crippen LogP contribution is -2.37. The molecular formula is C6H9F2NS. The maximum absolute atomic E-state index is 12.4. The number of thiocarbonyl (C=S) groups is 1. The van der Waals surface area contributed by atoms with Crippen molar-refractivity contribution >= 4 is 17.7 Å². The van der Waals surface area contributed by atoms with E-state index in [1.807, 2.05) is 0 Å². The summed E-state index contributed by atoms with van der Waals surface area (Å²) in [4.78, 5) is 1.74. The van der Waals surface area contributed by atoms with Crippen LogP contribution in [0.15, 0.2) is 0 Å². The van der Waals surface area contributed by atoms with Crippen LogP contribution in [-0.4, -0.2) is 29.4 Å². The zero-order valence-corrected chi connectivity index (χ0v) is 6.33. The molecule has 0 radical (unpaired) electrons. The van der Waals surface area contributed by atoms with E-state index in [-0.39, 0.29) is 12.8 Å². The first-order valence-corrected chi connectivity index (χ1v) is 3.68. The van der Waals surface area contributed by atoms with E-state index in [1.54, 1.807) is 4.90 Å². The van der Waals surface area contributed by atoms with Gasteiger partial charge in [0, 0.05) is 25.9 Å². The quantitative estimate of drug-likeness (QED) is 0.544. The first-order valence-electron chi connectivity index (χ1n) is 3.21. The molecule has 1 fully saturated rings. The number of hydrogen-bond donors (Lipinski definition) is 0. The van der Waals surface area contributed by atoms with Gasteiger partial charge in [0.05, 0.1) is 5.49 Å². The largest absolute Gasteiger partial charge is 0.368 e. The van der Waals surface area contributed by atoms with Gasteiger partial charge in [-0.15, -0.1) is 0 Å². The molecule has 0 spiro atoms. The number of piperidine rings is 1. The zero-order chi connectivity index (χ0) is 7.61. The van der Waals surface area contributed by atoms with E-state index >= 15 is 0 Å². The van der Waals surface area contributed by atoms with Crippen molar-refractivity contribution in [2.45, 2.75) is 18.8 Å². The van der Waals surface area contributed by atoms with E-state index in [4.69, 9.17) is 0 Å². The maximum atomic E-state index is 12.4. The van der Waals surface area contributed by atoms with Crippen molar-refractivity contribution in [2.75, 3.05) is 13.1 Å². The van der Waals surface area contributed by atoms with E-state index < -0.39 is 5.92 Å². The van der Waals surface area contributed by atoms with E-state index in [1.165, 1.54) is 5.49 Å². The highest BCUT2D eigenvalue weighted by Crippen LogP contribution is 2.26. The Morgan fingerprint density at radius 2 is 1.80 bits per heavy atom. The summed E-state index contributed by atoms with van der Waals surface area (Å²) < 4.78 is 24.9. The monoisotopic (exact) mass is 165 g/mol. The Balaban J connectivity index is 2.38. The highest BCUT2D eigenvalue weighted by Gasteiger charge is 2.32. The van der Waals surface area contributed by atoms with Gasteiger partial charge in [-0.2, -0.15) is 0 Å². The van der Waals surface area contributed by atoms with Crippen LogP contribution in [-0.2, 0) is 0 Å². The first-order chi connectivity index (χ1) is 4.64. The maximum Gasteiger partial charge on any atom is 0.251 e. The number of hydrogen-bond acceptors (Lipinski definition) is 1. The highest BCUT2D eigenvalue weighted by molar-refractivity contribution is 7.78. The van der Waals surface area contributed by atoms with Crippen LogP contribution in [0.4, 0.5) is 8.78 Å². The Morgan fingerprint density at radius 1 is 1.30 bits per heavy atom. The second kappa shape index (κ2) is 2.78. The van der Waals surface area contributed by atoms with Crippen LogP contribution in [0.3, 0.4) is 0 Å². The summed E-state index contributed by atoms with van der Waals surface area (Å²) >= 11 is 4.60. The molecule has 0 aromatic heterocycles. The molecule has 0 saturated carbocycles. The molecule has 58 valence electrons. The Labute approximate surface area is 64.0 Å². The molecule has 10 heavy (non-hydrogen) atoms. The van der Waals surface area contributed by atoms with Gasteiger partial charge < -0.3 is 4.90 Å². The van der Waals surface area contributed by atoms with Crippen molar-refractivity contribution in [3.8, 4) is 0 Å². The summed E-state index contributed by atoms with van der Waals surface area (Å²) in [5.41, 5.74) is 1.45. The fourth-order valence-electron chi connectivity index (χ4n) is 0.957. The summed E-state index contributed by atoms with van der Waals surface area (Å²) in [6.45, 7) is 0.799. The van der Waals surface area contributed by atoms with E-state index in [0.717, 1.165) is 0 Å². The van der Waals surface area contributed by atoms with Crippen LogP contribution < -0.4 is 0 Å². The lowest BCUT2D eigenvalue weighted by atomic mass is 10.1. The van der Waals surface area contributed by atoms with Gasteiger partial charge in [0.25, 0.3) is 5.92 Å². The number of likely N-dealkylation sites (tertiary alicyclic amines) is 1. The summed E-state index contributed by atoms with van der Waals surface area (Å²) in [5, 5.41) is 0. The molecule has 0 aromatic carbocycles. The average molecular weight is 165 g/mol. The third-order valence-electron chi connectivity index (χ3n) is 1.68. The minimum Gasteiger partial charge on any atom is -0.368 e. The second-order valence-corrected chi connectivity index (χ2v) is 2.71. The molecule has 0 aliphatic carbocycles. The van der Waals surface area contributed by atoms with Crippen molar-refractivity contribution in [3.05, 3.63) is 0 Å². The Hall–Kier alpha value is -0.250. The Kier molecular flexibility index (Phi) is 2.18. The topological polar surface area (TPSA) is 3.24 Å². The minimum absolute atomic E-state index is 0.0554. The van der Waals surface area contributed by atoms with Crippen LogP contribution in [0.1, 0.15) is 12.8 Å². The Bertz CT molecular complexity index is 128. The highest BCUT2D eigenvalue weighted by atomic mass is 32.1. The fourth-order valence-corrected chi connectivity index (χ4v) is 1.17. The van der Waals surface area contributed by atoms with Gasteiger partial charge in [-0.25, -0.2) is 8.78 Å². The molecule has 0 aromatic rings. The lowest BCUT2D eigenvalue weighted by molar-refractivity contribution is -0.0424. The number of halogens is 2. The zero-order valence-electron chi connectivity index (χ0n) is 5.52. The lowest BCUT2D eigenvalue weighted by Gasteiger charge is -2.29. The normalized spacial score (nSPS) is 24.4. The van der Waals surface area contributed by atoms with Crippen molar-refractivity contribution in [1.82, 2.24) is 4.90 Å². The van der Waals surface area contributed by atoms with Gasteiger partial charge in [0.2, 0.25) is 0 Å². The molecule has 0 N–H and O–H groups in total. The molecular weight excluding hydrogens is 156 g/mol. The summed E-state index contributed by atoms with van der Waals surface area (Å²) in [5.74, 6) is -2.45. The van der Waals surface area contributed by atoms with Crippen LogP contribution in [0.5, 0.6) is 0 Å². The average Bonchev–Trinajstić information content (AvgIpc) is 1.88. The smallest absolute Gasteiger partial charge is 0.251 e. The predicted molar refractivity (Wildman–Crippen MR) is 39.4 cm³/mol. The molecule has 1 aliphatic heterocycles. The van der Waals surface area contributed by atoms with Crippen LogP contribution >= 0.6 is 12.2 Å². The summed E-state index contributed by atoms with van der Waals surface area (Å²) in [7, 11) is 0. The second-order valence-electron chi connectivity index (χ2n) is 2.50. The van der Waals surface area contributed by atoms with E-state index in [2.05, 4.69) is 12.2 Å². The van der Waals surface area contributed by atoms with Crippen molar-refractivity contribution in [3.63, 3.8) is 0 Å². The Morgan fingerprint density at radius 3 is 2.20 bits per heavy atom. The van der Waals surface area contributed by atoms with Gasteiger partial charge in [-0.3, -0.25) is 0 Å².